The molecule has 0 aromatic rings. The van der Waals surface area contributed by atoms with E-state index in [1.54, 1.807) is 25.7 Å². The van der Waals surface area contributed by atoms with Crippen molar-refractivity contribution in [1.82, 2.24) is 10.2 Å². The molecule has 1 saturated heterocycles. The number of hydrogen-bond acceptors (Lipinski definition) is 4. The van der Waals surface area contributed by atoms with Gasteiger partial charge in [-0.1, -0.05) is 0 Å². The molecule has 0 saturated carbocycles. The normalized spacial score (nSPS) is 19.7. The van der Waals surface area contributed by atoms with E-state index in [4.69, 9.17) is 4.74 Å². The Morgan fingerprint density at radius 2 is 2.11 bits per heavy atom. The summed E-state index contributed by atoms with van der Waals surface area (Å²) in [5.41, 5.74) is -0.582. The highest BCUT2D eigenvalue weighted by atomic mass is 16.6. The number of nitrogens with zero attached hydrogens (tertiary/aromatic N) is 1. The maximum atomic E-state index is 11.9. The SMILES string of the molecule is CC(C)(C)OC(=O)NCC(=O)N1CCC[C@H](C=O)C1. The second-order valence-electron chi connectivity index (χ2n) is 5.73. The highest BCUT2D eigenvalue weighted by Gasteiger charge is 2.24. The minimum atomic E-state index is -0.607. The monoisotopic (exact) mass is 270 g/mol. The van der Waals surface area contributed by atoms with Gasteiger partial charge in [-0.25, -0.2) is 4.79 Å². The predicted molar refractivity (Wildman–Crippen MR) is 69.6 cm³/mol. The fourth-order valence-electron chi connectivity index (χ4n) is 1.92. The van der Waals surface area contributed by atoms with Gasteiger partial charge in [-0.2, -0.15) is 0 Å². The van der Waals surface area contributed by atoms with Gasteiger partial charge < -0.3 is 19.7 Å². The molecule has 0 aromatic heterocycles. The largest absolute Gasteiger partial charge is 0.444 e. The van der Waals surface area contributed by atoms with Gasteiger partial charge in [-0.3, -0.25) is 4.79 Å². The average Bonchev–Trinajstić information content (AvgIpc) is 2.34. The fourth-order valence-corrected chi connectivity index (χ4v) is 1.92. The number of hydrogen-bond donors (Lipinski definition) is 1. The van der Waals surface area contributed by atoms with Gasteiger partial charge in [-0.15, -0.1) is 0 Å². The zero-order valence-corrected chi connectivity index (χ0v) is 11.8. The van der Waals surface area contributed by atoms with Crippen LogP contribution in [-0.2, 0) is 14.3 Å². The van der Waals surface area contributed by atoms with E-state index in [-0.39, 0.29) is 18.4 Å². The van der Waals surface area contributed by atoms with Crippen molar-refractivity contribution in [2.45, 2.75) is 39.2 Å². The Bertz CT molecular complexity index is 349. The lowest BCUT2D eigenvalue weighted by Crippen LogP contribution is -2.46. The smallest absolute Gasteiger partial charge is 0.408 e. The highest BCUT2D eigenvalue weighted by molar-refractivity contribution is 5.82. The van der Waals surface area contributed by atoms with E-state index in [1.807, 2.05) is 0 Å². The Balaban J connectivity index is 2.34. The predicted octanol–water partition coefficient (Wildman–Crippen LogP) is 0.949. The summed E-state index contributed by atoms with van der Waals surface area (Å²) in [6, 6.07) is 0. The molecular formula is C13H22N2O4. The molecule has 0 aliphatic carbocycles. The molecule has 0 unspecified atom stereocenters. The first kappa shape index (κ1) is 15.5. The lowest BCUT2D eigenvalue weighted by atomic mass is 10.00. The molecule has 6 heteroatoms. The van der Waals surface area contributed by atoms with Crippen molar-refractivity contribution in [2.24, 2.45) is 5.92 Å². The molecule has 6 nitrogen and oxygen atoms in total. The van der Waals surface area contributed by atoms with Gasteiger partial charge in [0.1, 0.15) is 18.4 Å². The van der Waals surface area contributed by atoms with Crippen LogP contribution in [0.2, 0.25) is 0 Å². The van der Waals surface area contributed by atoms with E-state index in [9.17, 15) is 14.4 Å². The summed E-state index contributed by atoms with van der Waals surface area (Å²) in [4.78, 5) is 35.6. The van der Waals surface area contributed by atoms with Crippen LogP contribution in [0.25, 0.3) is 0 Å². The van der Waals surface area contributed by atoms with E-state index in [0.29, 0.717) is 13.1 Å². The number of alkyl carbamates (subject to hydrolysis) is 1. The van der Waals surface area contributed by atoms with Gasteiger partial charge in [-0.05, 0) is 33.6 Å². The first-order chi connectivity index (χ1) is 8.81. The van der Waals surface area contributed by atoms with Crippen molar-refractivity contribution in [3.8, 4) is 0 Å². The summed E-state index contributed by atoms with van der Waals surface area (Å²) < 4.78 is 5.04. The maximum absolute atomic E-state index is 11.9. The van der Waals surface area contributed by atoms with Crippen molar-refractivity contribution in [3.63, 3.8) is 0 Å². The third kappa shape index (κ3) is 5.72. The quantitative estimate of drug-likeness (QED) is 0.775. The Labute approximate surface area is 113 Å². The molecule has 1 fully saturated rings. The summed E-state index contributed by atoms with van der Waals surface area (Å²) >= 11 is 0. The van der Waals surface area contributed by atoms with Crippen LogP contribution in [0.4, 0.5) is 4.79 Å². The van der Waals surface area contributed by atoms with Gasteiger partial charge in [0.2, 0.25) is 5.91 Å². The molecule has 19 heavy (non-hydrogen) atoms. The van der Waals surface area contributed by atoms with Crippen molar-refractivity contribution < 1.29 is 19.1 Å². The van der Waals surface area contributed by atoms with Gasteiger partial charge in [0.15, 0.2) is 0 Å². The van der Waals surface area contributed by atoms with Crippen molar-refractivity contribution >= 4 is 18.3 Å². The van der Waals surface area contributed by atoms with E-state index in [1.165, 1.54) is 0 Å². The van der Waals surface area contributed by atoms with Crippen molar-refractivity contribution in [1.29, 1.82) is 0 Å². The molecule has 0 aromatic carbocycles. The minimum Gasteiger partial charge on any atom is -0.444 e. The number of amides is 2. The second-order valence-corrected chi connectivity index (χ2v) is 5.73. The highest BCUT2D eigenvalue weighted by Crippen LogP contribution is 2.14. The second kappa shape index (κ2) is 6.54. The van der Waals surface area contributed by atoms with E-state index >= 15 is 0 Å². The van der Waals surface area contributed by atoms with Crippen LogP contribution in [0.5, 0.6) is 0 Å². The number of carbonyl (C=O) groups excluding carboxylic acids is 3. The fraction of sp³-hybridized carbons (Fsp3) is 0.769. The van der Waals surface area contributed by atoms with Gasteiger partial charge in [0.05, 0.1) is 0 Å². The molecule has 1 atom stereocenters. The zero-order valence-electron chi connectivity index (χ0n) is 11.8. The standard InChI is InChI=1S/C13H22N2O4/c1-13(2,3)19-12(18)14-7-11(17)15-6-4-5-10(8-15)9-16/h9-10H,4-8H2,1-3H3,(H,14,18)/t10-/m0/s1. The van der Waals surface area contributed by atoms with Crippen molar-refractivity contribution in [3.05, 3.63) is 0 Å². The summed E-state index contributed by atoms with van der Waals surface area (Å²) in [7, 11) is 0. The molecule has 1 rings (SSSR count). The zero-order chi connectivity index (χ0) is 14.5. The average molecular weight is 270 g/mol. The van der Waals surface area contributed by atoms with Crippen LogP contribution in [0.15, 0.2) is 0 Å². The summed E-state index contributed by atoms with van der Waals surface area (Å²) in [5.74, 6) is -0.267. The lowest BCUT2D eigenvalue weighted by molar-refractivity contribution is -0.132. The number of piperidine rings is 1. The molecule has 0 bridgehead atoms. The first-order valence-electron chi connectivity index (χ1n) is 6.52. The third-order valence-electron chi connectivity index (χ3n) is 2.79. The van der Waals surface area contributed by atoms with Gasteiger partial charge in [0, 0.05) is 19.0 Å². The van der Waals surface area contributed by atoms with Crippen LogP contribution in [0, 0.1) is 5.92 Å². The Kier molecular flexibility index (Phi) is 5.32. The topological polar surface area (TPSA) is 75.7 Å². The van der Waals surface area contributed by atoms with E-state index in [0.717, 1.165) is 19.1 Å². The molecule has 108 valence electrons. The number of nitrogens with one attached hydrogen (secondary N) is 1. The summed E-state index contributed by atoms with van der Waals surface area (Å²) in [5, 5.41) is 2.43. The molecule has 1 aliphatic rings. The van der Waals surface area contributed by atoms with Crippen LogP contribution in [-0.4, -0.2) is 48.4 Å². The number of rotatable bonds is 3. The maximum Gasteiger partial charge on any atom is 0.408 e. The number of carbonyl (C=O) groups is 3. The third-order valence-corrected chi connectivity index (χ3v) is 2.79. The lowest BCUT2D eigenvalue weighted by Gasteiger charge is -2.30. The Hall–Kier alpha value is -1.59. The molecule has 1 aliphatic heterocycles. The van der Waals surface area contributed by atoms with Gasteiger partial charge in [0.25, 0.3) is 0 Å². The summed E-state index contributed by atoms with van der Waals surface area (Å²) in [6.07, 6.45) is 1.93. The van der Waals surface area contributed by atoms with Crippen LogP contribution >= 0.6 is 0 Å². The molecule has 1 N–H and O–H groups in total. The number of ether oxygens (including phenoxy) is 1. The first-order valence-corrected chi connectivity index (χ1v) is 6.52. The molecule has 0 spiro atoms. The summed E-state index contributed by atoms with van der Waals surface area (Å²) in [6.45, 7) is 6.26. The Morgan fingerprint density at radius 3 is 2.68 bits per heavy atom. The molecule has 2 amide bonds. The minimum absolute atomic E-state index is 0.0840. The van der Waals surface area contributed by atoms with E-state index in [2.05, 4.69) is 5.32 Å². The van der Waals surface area contributed by atoms with E-state index < -0.39 is 11.7 Å². The van der Waals surface area contributed by atoms with Gasteiger partial charge >= 0.3 is 6.09 Å². The number of likely N-dealkylation sites (tertiary alicyclic amines) is 1. The van der Waals surface area contributed by atoms with Crippen molar-refractivity contribution in [2.75, 3.05) is 19.6 Å². The number of aldehydes is 1. The molecule has 0 radical (unpaired) electrons. The van der Waals surface area contributed by atoms with Crippen LogP contribution in [0.3, 0.4) is 0 Å². The molecular weight excluding hydrogens is 248 g/mol. The van der Waals surface area contributed by atoms with Crippen LogP contribution in [0.1, 0.15) is 33.6 Å². The Morgan fingerprint density at radius 1 is 1.42 bits per heavy atom. The van der Waals surface area contributed by atoms with Crippen LogP contribution < -0.4 is 5.32 Å². The molecule has 1 heterocycles.